The number of tetrazole rings is 1. The molecule has 0 fully saturated rings. The maximum atomic E-state index is 12.1. The van der Waals surface area contributed by atoms with Gasteiger partial charge in [-0.3, -0.25) is 4.79 Å². The van der Waals surface area contributed by atoms with Crippen LogP contribution in [0.3, 0.4) is 0 Å². The van der Waals surface area contributed by atoms with Gasteiger partial charge in [-0.1, -0.05) is 23.4 Å². The maximum absolute atomic E-state index is 12.1. The normalized spacial score (nSPS) is 10.2. The summed E-state index contributed by atoms with van der Waals surface area (Å²) in [6.45, 7) is 0. The molecular weight excluding hydrogens is 360 g/mol. The molecule has 124 valence electrons. The number of rotatable bonds is 5. The topological polar surface area (TPSA) is 96.5 Å². The quantitative estimate of drug-likeness (QED) is 0.693. The van der Waals surface area contributed by atoms with Gasteiger partial charge >= 0.3 is 0 Å². The van der Waals surface area contributed by atoms with E-state index in [0.717, 1.165) is 5.69 Å². The van der Waals surface area contributed by atoms with Gasteiger partial charge in [-0.25, -0.2) is 0 Å². The zero-order valence-electron chi connectivity index (χ0n) is 12.8. The Morgan fingerprint density at radius 1 is 1.20 bits per heavy atom. The van der Waals surface area contributed by atoms with Gasteiger partial charge in [-0.2, -0.15) is 9.94 Å². The number of hydrogen-bond acceptors (Lipinski definition) is 6. The Labute approximate surface area is 152 Å². The predicted molar refractivity (Wildman–Crippen MR) is 94.7 cm³/mol. The summed E-state index contributed by atoms with van der Waals surface area (Å²) in [5, 5.41) is 24.1. The molecule has 0 saturated heterocycles. The number of amides is 1. The van der Waals surface area contributed by atoms with Crippen molar-refractivity contribution >= 4 is 35.0 Å². The molecule has 1 aromatic heterocycles. The molecule has 0 radical (unpaired) electrons. The smallest absolute Gasteiger partial charge is 0.234 e. The minimum Gasteiger partial charge on any atom is -0.325 e. The maximum Gasteiger partial charge on any atom is 0.234 e. The molecule has 7 nitrogen and oxygen atoms in total. The number of nitrogens with one attached hydrogen (secondary N) is 1. The van der Waals surface area contributed by atoms with Crippen molar-refractivity contribution in [3.8, 4) is 11.8 Å². The number of carbonyl (C=O) groups excluding carboxylic acids is 1. The molecule has 0 bridgehead atoms. The number of carbonyl (C=O) groups is 1. The molecule has 25 heavy (non-hydrogen) atoms. The van der Waals surface area contributed by atoms with Crippen molar-refractivity contribution in [1.29, 1.82) is 5.26 Å². The van der Waals surface area contributed by atoms with Crippen LogP contribution in [0.25, 0.3) is 5.69 Å². The van der Waals surface area contributed by atoms with E-state index in [0.29, 0.717) is 21.4 Å². The first kappa shape index (κ1) is 17.0. The van der Waals surface area contributed by atoms with Gasteiger partial charge in [-0.05, 0) is 59.0 Å². The fourth-order valence-electron chi connectivity index (χ4n) is 1.97. The highest BCUT2D eigenvalue weighted by atomic mass is 35.5. The van der Waals surface area contributed by atoms with E-state index in [1.807, 2.05) is 6.07 Å². The van der Waals surface area contributed by atoms with Crippen LogP contribution < -0.4 is 5.32 Å². The van der Waals surface area contributed by atoms with Gasteiger partial charge in [0, 0.05) is 10.7 Å². The Morgan fingerprint density at radius 3 is 2.60 bits per heavy atom. The van der Waals surface area contributed by atoms with Gasteiger partial charge in [0.25, 0.3) is 0 Å². The fourth-order valence-corrected chi connectivity index (χ4v) is 2.79. The Kier molecular flexibility index (Phi) is 5.28. The van der Waals surface area contributed by atoms with Gasteiger partial charge in [0.05, 0.1) is 23.1 Å². The zero-order valence-corrected chi connectivity index (χ0v) is 14.3. The average molecular weight is 371 g/mol. The molecule has 0 saturated carbocycles. The number of thioether (sulfide) groups is 1. The van der Waals surface area contributed by atoms with Crippen LogP contribution in [0.1, 0.15) is 5.56 Å². The van der Waals surface area contributed by atoms with Crippen molar-refractivity contribution in [1.82, 2.24) is 20.2 Å². The molecular formula is C16H11ClN6OS. The minimum atomic E-state index is -0.194. The number of hydrogen-bond donors (Lipinski definition) is 1. The van der Waals surface area contributed by atoms with Crippen molar-refractivity contribution < 1.29 is 4.79 Å². The molecule has 2 aromatic carbocycles. The molecule has 9 heteroatoms. The summed E-state index contributed by atoms with van der Waals surface area (Å²) in [5.74, 6) is -0.0473. The summed E-state index contributed by atoms with van der Waals surface area (Å²) in [6.07, 6.45) is 0. The van der Waals surface area contributed by atoms with E-state index in [1.54, 1.807) is 48.5 Å². The van der Waals surface area contributed by atoms with Crippen LogP contribution in [0.2, 0.25) is 5.02 Å². The fraction of sp³-hybridized carbons (Fsp3) is 0.0625. The molecule has 3 rings (SSSR count). The first-order valence-electron chi connectivity index (χ1n) is 7.13. The SMILES string of the molecule is N#Cc1ccc(NC(=O)CSc2nnnn2-c2ccc(Cl)cc2)cc1. The van der Waals surface area contributed by atoms with Crippen molar-refractivity contribution in [2.75, 3.05) is 11.1 Å². The molecule has 0 spiro atoms. The summed E-state index contributed by atoms with van der Waals surface area (Å²) in [4.78, 5) is 12.1. The highest BCUT2D eigenvalue weighted by molar-refractivity contribution is 7.99. The minimum absolute atomic E-state index is 0.147. The molecule has 0 unspecified atom stereocenters. The molecule has 3 aromatic rings. The first-order chi connectivity index (χ1) is 12.2. The van der Waals surface area contributed by atoms with E-state index in [-0.39, 0.29) is 11.7 Å². The summed E-state index contributed by atoms with van der Waals surface area (Å²) < 4.78 is 1.54. The van der Waals surface area contributed by atoms with E-state index in [4.69, 9.17) is 16.9 Å². The van der Waals surface area contributed by atoms with Crippen molar-refractivity contribution in [2.45, 2.75) is 5.16 Å². The zero-order chi connectivity index (χ0) is 17.6. The summed E-state index contributed by atoms with van der Waals surface area (Å²) in [6, 6.07) is 15.7. The summed E-state index contributed by atoms with van der Waals surface area (Å²) >= 11 is 7.09. The lowest BCUT2D eigenvalue weighted by molar-refractivity contribution is -0.113. The molecule has 1 N–H and O–H groups in total. The van der Waals surface area contributed by atoms with Crippen LogP contribution in [-0.4, -0.2) is 31.9 Å². The summed E-state index contributed by atoms with van der Waals surface area (Å²) in [7, 11) is 0. The van der Waals surface area contributed by atoms with Crippen LogP contribution in [0.5, 0.6) is 0 Å². The second-order valence-corrected chi connectivity index (χ2v) is 6.25. The second kappa shape index (κ2) is 7.79. The summed E-state index contributed by atoms with van der Waals surface area (Å²) in [5.41, 5.74) is 1.92. The van der Waals surface area contributed by atoms with Crippen LogP contribution in [0.15, 0.2) is 53.7 Å². The van der Waals surface area contributed by atoms with Gasteiger partial charge in [0.1, 0.15) is 0 Å². The number of aromatic nitrogens is 4. The van der Waals surface area contributed by atoms with Gasteiger partial charge in [-0.15, -0.1) is 5.10 Å². The number of anilines is 1. The molecule has 1 heterocycles. The Hall–Kier alpha value is -2.89. The van der Waals surface area contributed by atoms with Crippen LogP contribution in [0.4, 0.5) is 5.69 Å². The lowest BCUT2D eigenvalue weighted by Gasteiger charge is -2.06. The highest BCUT2D eigenvalue weighted by Gasteiger charge is 2.11. The number of benzene rings is 2. The highest BCUT2D eigenvalue weighted by Crippen LogP contribution is 2.20. The molecule has 0 aliphatic rings. The van der Waals surface area contributed by atoms with E-state index in [9.17, 15) is 4.79 Å². The predicted octanol–water partition coefficient (Wildman–Crippen LogP) is 2.92. The first-order valence-corrected chi connectivity index (χ1v) is 8.49. The molecule has 0 atom stereocenters. The van der Waals surface area contributed by atoms with E-state index in [2.05, 4.69) is 20.8 Å². The van der Waals surface area contributed by atoms with Gasteiger partial charge in [0.2, 0.25) is 11.1 Å². The van der Waals surface area contributed by atoms with Crippen molar-refractivity contribution in [3.63, 3.8) is 0 Å². The van der Waals surface area contributed by atoms with Gasteiger partial charge in [0.15, 0.2) is 0 Å². The van der Waals surface area contributed by atoms with Crippen LogP contribution >= 0.6 is 23.4 Å². The van der Waals surface area contributed by atoms with Crippen LogP contribution in [-0.2, 0) is 4.79 Å². The molecule has 0 aliphatic carbocycles. The third-order valence-corrected chi connectivity index (χ3v) is 4.31. The Bertz CT molecular complexity index is 917. The third-order valence-electron chi connectivity index (χ3n) is 3.14. The average Bonchev–Trinajstić information content (AvgIpc) is 3.10. The van der Waals surface area contributed by atoms with E-state index >= 15 is 0 Å². The third kappa shape index (κ3) is 4.35. The van der Waals surface area contributed by atoms with Gasteiger partial charge < -0.3 is 5.32 Å². The van der Waals surface area contributed by atoms with Crippen LogP contribution in [0, 0.1) is 11.3 Å². The Balaban J connectivity index is 1.62. The largest absolute Gasteiger partial charge is 0.325 e. The van der Waals surface area contributed by atoms with E-state index < -0.39 is 0 Å². The van der Waals surface area contributed by atoms with Crippen molar-refractivity contribution in [2.24, 2.45) is 0 Å². The number of halogens is 1. The standard InChI is InChI=1S/C16H11ClN6OS/c17-12-3-7-14(8-4-12)23-16(20-21-22-23)25-10-15(24)19-13-5-1-11(9-18)2-6-13/h1-8H,10H2,(H,19,24). The Morgan fingerprint density at radius 2 is 1.92 bits per heavy atom. The lowest BCUT2D eigenvalue weighted by Crippen LogP contribution is -2.14. The monoisotopic (exact) mass is 370 g/mol. The molecule has 0 aliphatic heterocycles. The number of nitriles is 1. The van der Waals surface area contributed by atoms with Crippen molar-refractivity contribution in [3.05, 3.63) is 59.1 Å². The molecule has 1 amide bonds. The second-order valence-electron chi connectivity index (χ2n) is 4.88. The number of nitrogens with zero attached hydrogens (tertiary/aromatic N) is 5. The lowest BCUT2D eigenvalue weighted by atomic mass is 10.2. The van der Waals surface area contributed by atoms with E-state index in [1.165, 1.54) is 16.4 Å².